The molecular weight excluding hydrogens is 588 g/mol. The van der Waals surface area contributed by atoms with Crippen LogP contribution in [0.3, 0.4) is 0 Å². The van der Waals surface area contributed by atoms with Gasteiger partial charge in [0.05, 0.1) is 18.6 Å². The van der Waals surface area contributed by atoms with Gasteiger partial charge in [0.1, 0.15) is 23.4 Å². The van der Waals surface area contributed by atoms with E-state index in [2.05, 4.69) is 31.6 Å². The molecule has 0 radical (unpaired) electrons. The number of nitrogens with one attached hydrogen (secondary N) is 5. The van der Waals surface area contributed by atoms with Gasteiger partial charge in [0.15, 0.2) is 0 Å². The maximum absolute atomic E-state index is 13.4. The number of fused-ring (bicyclic) bond motifs is 1. The van der Waals surface area contributed by atoms with E-state index in [9.17, 15) is 24.0 Å². The van der Waals surface area contributed by atoms with Gasteiger partial charge in [0.25, 0.3) is 5.91 Å². The fourth-order valence-electron chi connectivity index (χ4n) is 4.86. The van der Waals surface area contributed by atoms with E-state index in [1.807, 2.05) is 42.5 Å². The lowest BCUT2D eigenvalue weighted by atomic mass is 10.00. The quantitative estimate of drug-likeness (QED) is 0.275. The molecule has 2 heterocycles. The summed E-state index contributed by atoms with van der Waals surface area (Å²) >= 11 is 0. The van der Waals surface area contributed by atoms with Crippen molar-refractivity contribution < 1.29 is 28.7 Å². The third-order valence-electron chi connectivity index (χ3n) is 7.41. The van der Waals surface area contributed by atoms with Gasteiger partial charge in [-0.1, -0.05) is 42.5 Å². The zero-order valence-electron chi connectivity index (χ0n) is 26.0. The van der Waals surface area contributed by atoms with Gasteiger partial charge in [-0.2, -0.15) is 0 Å². The van der Waals surface area contributed by atoms with Crippen LogP contribution in [-0.4, -0.2) is 71.8 Å². The monoisotopic (exact) mass is 628 g/mol. The Morgan fingerprint density at radius 2 is 1.65 bits per heavy atom. The lowest BCUT2D eigenvalue weighted by Gasteiger charge is -2.29. The largest absolute Gasteiger partial charge is 0.493 e. The standard InChI is InChI=1S/C34H40N6O6/c1-34(2)33(45)39-26(21-24-9-4-3-5-10-24)31(43)36-16-8-20-46-28-12-7-6-11-25(28)30(42)38-27(22-29(41)40-34)32(44)37-19-15-23-13-17-35-18-14-23/h3-7,9-14,17-18,26-27H,8,15-16,19-22H2,1-2H3,(H,36,43)(H,37,44)(H,38,42)(H,39,45)(H,40,41)/t26-,27-/m0/s1. The zero-order valence-corrected chi connectivity index (χ0v) is 26.0. The predicted octanol–water partition coefficient (Wildman–Crippen LogP) is 1.45. The van der Waals surface area contributed by atoms with Crippen molar-refractivity contribution in [2.24, 2.45) is 0 Å². The van der Waals surface area contributed by atoms with Gasteiger partial charge < -0.3 is 31.3 Å². The van der Waals surface area contributed by atoms with Crippen molar-refractivity contribution in [2.45, 2.75) is 57.2 Å². The fraction of sp³-hybridized carbons (Fsp3) is 0.353. The first-order valence-electron chi connectivity index (χ1n) is 15.3. The van der Waals surface area contributed by atoms with Crippen LogP contribution in [-0.2, 0) is 32.0 Å². The Bertz CT molecular complexity index is 1510. The molecular formula is C34H40N6O6. The first-order chi connectivity index (χ1) is 22.1. The Labute approximate surface area is 268 Å². The summed E-state index contributed by atoms with van der Waals surface area (Å²) in [4.78, 5) is 70.6. The molecule has 12 heteroatoms. The first kappa shape index (κ1) is 33.6. The average Bonchev–Trinajstić information content (AvgIpc) is 3.04. The molecule has 242 valence electrons. The molecule has 0 saturated heterocycles. The molecule has 12 nitrogen and oxygen atoms in total. The number of amides is 5. The summed E-state index contributed by atoms with van der Waals surface area (Å²) in [5.41, 5.74) is 0.537. The highest BCUT2D eigenvalue weighted by molar-refractivity contribution is 6.01. The summed E-state index contributed by atoms with van der Waals surface area (Å²) in [5.74, 6) is -2.49. The molecule has 0 aliphatic carbocycles. The van der Waals surface area contributed by atoms with Gasteiger partial charge in [0, 0.05) is 31.9 Å². The van der Waals surface area contributed by atoms with Crippen LogP contribution in [0.25, 0.3) is 0 Å². The number of carbonyl (C=O) groups is 5. The minimum absolute atomic E-state index is 0.185. The number of pyridine rings is 1. The molecule has 1 aliphatic heterocycles. The van der Waals surface area contributed by atoms with E-state index in [1.54, 1.807) is 36.7 Å². The Morgan fingerprint density at radius 3 is 2.41 bits per heavy atom. The van der Waals surface area contributed by atoms with Crippen LogP contribution in [0.1, 0.15) is 48.2 Å². The molecule has 2 aromatic carbocycles. The minimum Gasteiger partial charge on any atom is -0.493 e. The second kappa shape index (κ2) is 16.2. The highest BCUT2D eigenvalue weighted by Gasteiger charge is 2.35. The number of para-hydroxylation sites is 1. The molecule has 0 fully saturated rings. The van der Waals surface area contributed by atoms with Crippen molar-refractivity contribution in [3.63, 3.8) is 0 Å². The zero-order chi connectivity index (χ0) is 32.9. The SMILES string of the molecule is CC1(C)NC(=O)C[C@@H](C(=O)NCCc2ccncc2)NC(=O)c2ccccc2OCCCNC(=O)[C@H](Cc2ccccc2)NC1=O. The van der Waals surface area contributed by atoms with Crippen LogP contribution in [0.15, 0.2) is 79.1 Å². The van der Waals surface area contributed by atoms with E-state index < -0.39 is 47.7 Å². The normalized spacial score (nSPS) is 19.4. The van der Waals surface area contributed by atoms with Crippen LogP contribution in [0.2, 0.25) is 0 Å². The fourth-order valence-corrected chi connectivity index (χ4v) is 4.86. The van der Waals surface area contributed by atoms with Gasteiger partial charge in [-0.05, 0) is 62.1 Å². The van der Waals surface area contributed by atoms with Crippen molar-refractivity contribution in [2.75, 3.05) is 19.7 Å². The molecule has 5 amide bonds. The van der Waals surface area contributed by atoms with Gasteiger partial charge in [-0.15, -0.1) is 0 Å². The highest BCUT2D eigenvalue weighted by Crippen LogP contribution is 2.19. The van der Waals surface area contributed by atoms with Crippen LogP contribution in [0.4, 0.5) is 0 Å². The van der Waals surface area contributed by atoms with E-state index in [4.69, 9.17) is 4.74 Å². The van der Waals surface area contributed by atoms with Crippen molar-refractivity contribution in [1.82, 2.24) is 31.6 Å². The van der Waals surface area contributed by atoms with E-state index >= 15 is 0 Å². The molecule has 0 unspecified atom stereocenters. The second-order valence-corrected chi connectivity index (χ2v) is 11.5. The molecule has 0 bridgehead atoms. The van der Waals surface area contributed by atoms with E-state index in [0.29, 0.717) is 18.6 Å². The van der Waals surface area contributed by atoms with E-state index in [-0.39, 0.29) is 37.6 Å². The summed E-state index contributed by atoms with van der Waals surface area (Å²) in [7, 11) is 0. The summed E-state index contributed by atoms with van der Waals surface area (Å²) in [6.07, 6.45) is 4.04. The number of hydrogen-bond donors (Lipinski definition) is 5. The summed E-state index contributed by atoms with van der Waals surface area (Å²) in [6.45, 7) is 3.72. The Hall–Kier alpha value is -5.26. The number of aromatic nitrogens is 1. The maximum atomic E-state index is 13.4. The third kappa shape index (κ3) is 9.88. The molecule has 1 aromatic heterocycles. The van der Waals surface area contributed by atoms with Crippen LogP contribution in [0.5, 0.6) is 5.75 Å². The lowest BCUT2D eigenvalue weighted by molar-refractivity contribution is -0.135. The van der Waals surface area contributed by atoms with Crippen molar-refractivity contribution in [3.05, 3.63) is 95.8 Å². The smallest absolute Gasteiger partial charge is 0.255 e. The molecule has 0 spiro atoms. The topological polar surface area (TPSA) is 168 Å². The van der Waals surface area contributed by atoms with Crippen molar-refractivity contribution >= 4 is 29.5 Å². The Morgan fingerprint density at radius 1 is 0.935 bits per heavy atom. The molecule has 0 saturated carbocycles. The van der Waals surface area contributed by atoms with Crippen LogP contribution < -0.4 is 31.3 Å². The van der Waals surface area contributed by atoms with Crippen molar-refractivity contribution in [1.29, 1.82) is 0 Å². The highest BCUT2D eigenvalue weighted by atomic mass is 16.5. The van der Waals surface area contributed by atoms with Gasteiger partial charge >= 0.3 is 0 Å². The van der Waals surface area contributed by atoms with E-state index in [1.165, 1.54) is 13.8 Å². The molecule has 1 aliphatic rings. The number of ether oxygens (including phenoxy) is 1. The maximum Gasteiger partial charge on any atom is 0.255 e. The molecule has 5 N–H and O–H groups in total. The van der Waals surface area contributed by atoms with Gasteiger partial charge in [-0.3, -0.25) is 29.0 Å². The summed E-state index contributed by atoms with van der Waals surface area (Å²) in [5, 5.41) is 13.7. The van der Waals surface area contributed by atoms with Crippen molar-refractivity contribution in [3.8, 4) is 5.75 Å². The van der Waals surface area contributed by atoms with Gasteiger partial charge in [0.2, 0.25) is 23.6 Å². The number of benzene rings is 2. The van der Waals surface area contributed by atoms with Crippen LogP contribution in [0, 0.1) is 0 Å². The van der Waals surface area contributed by atoms with Crippen LogP contribution >= 0.6 is 0 Å². The second-order valence-electron chi connectivity index (χ2n) is 11.5. The number of carbonyl (C=O) groups excluding carboxylic acids is 5. The number of rotatable bonds is 6. The minimum atomic E-state index is -1.45. The molecule has 3 aromatic rings. The van der Waals surface area contributed by atoms with E-state index in [0.717, 1.165) is 11.1 Å². The lowest BCUT2D eigenvalue weighted by Crippen LogP contribution is -2.60. The molecule has 2 atom stereocenters. The Kier molecular flexibility index (Phi) is 11.8. The average molecular weight is 629 g/mol. The molecule has 4 rings (SSSR count). The molecule has 46 heavy (non-hydrogen) atoms. The first-order valence-corrected chi connectivity index (χ1v) is 15.3. The van der Waals surface area contributed by atoms with Gasteiger partial charge in [-0.25, -0.2) is 0 Å². The third-order valence-corrected chi connectivity index (χ3v) is 7.41. The Balaban J connectivity index is 1.55. The number of hydrogen-bond acceptors (Lipinski definition) is 7. The summed E-state index contributed by atoms with van der Waals surface area (Å²) in [6, 6.07) is 17.3. The predicted molar refractivity (Wildman–Crippen MR) is 171 cm³/mol. The summed E-state index contributed by atoms with van der Waals surface area (Å²) < 4.78 is 5.87. The number of nitrogens with zero attached hydrogens (tertiary/aromatic N) is 1.